The van der Waals surface area contributed by atoms with E-state index in [1.54, 1.807) is 52.3 Å². The van der Waals surface area contributed by atoms with Gasteiger partial charge >= 0.3 is 0 Å². The Balaban J connectivity index is 1.41. The predicted octanol–water partition coefficient (Wildman–Crippen LogP) is 2.14. The molecule has 0 bridgehead atoms. The number of furan rings is 1. The van der Waals surface area contributed by atoms with Crippen molar-refractivity contribution < 1.29 is 14.0 Å². The molecule has 3 aromatic rings. The minimum atomic E-state index is -0.354. The van der Waals surface area contributed by atoms with Gasteiger partial charge in [0, 0.05) is 42.8 Å². The third kappa shape index (κ3) is 4.28. The van der Waals surface area contributed by atoms with Crippen LogP contribution < -0.4 is 5.56 Å². The molecule has 154 valence electrons. The van der Waals surface area contributed by atoms with Crippen molar-refractivity contribution in [3.63, 3.8) is 0 Å². The summed E-state index contributed by atoms with van der Waals surface area (Å²) < 4.78 is 6.30. The average Bonchev–Trinajstić information content (AvgIpc) is 3.30. The lowest BCUT2D eigenvalue weighted by Gasteiger charge is -2.34. The van der Waals surface area contributed by atoms with Gasteiger partial charge in [-0.05, 0) is 30.3 Å². The smallest absolute Gasteiger partial charge is 0.289 e. The minimum absolute atomic E-state index is 0.160. The summed E-state index contributed by atoms with van der Waals surface area (Å²) in [4.78, 5) is 40.5. The van der Waals surface area contributed by atoms with E-state index in [-0.39, 0.29) is 29.7 Å². The second-order valence-electron chi connectivity index (χ2n) is 6.87. The molecule has 0 saturated carbocycles. The van der Waals surface area contributed by atoms with Crippen molar-refractivity contribution in [1.29, 1.82) is 0 Å². The lowest BCUT2D eigenvalue weighted by Crippen LogP contribution is -2.51. The number of carbonyl (C=O) groups excluding carboxylic acids is 2. The Hall–Kier alpha value is -3.39. The molecule has 2 aromatic heterocycles. The molecule has 0 N–H and O–H groups in total. The van der Waals surface area contributed by atoms with E-state index in [1.165, 1.54) is 12.3 Å². The summed E-state index contributed by atoms with van der Waals surface area (Å²) in [6.45, 7) is 1.41. The summed E-state index contributed by atoms with van der Waals surface area (Å²) in [6.07, 6.45) is 1.45. The Morgan fingerprint density at radius 2 is 1.67 bits per heavy atom. The molecule has 2 amide bonds. The number of piperazine rings is 1. The van der Waals surface area contributed by atoms with Gasteiger partial charge in [-0.2, -0.15) is 5.10 Å². The van der Waals surface area contributed by atoms with E-state index in [0.717, 1.165) is 10.2 Å². The zero-order valence-corrected chi connectivity index (χ0v) is 16.8. The van der Waals surface area contributed by atoms with E-state index in [4.69, 9.17) is 16.0 Å². The molecule has 1 aromatic carbocycles. The van der Waals surface area contributed by atoms with Crippen LogP contribution >= 0.6 is 11.6 Å². The van der Waals surface area contributed by atoms with Crippen LogP contribution in [-0.4, -0.2) is 57.6 Å². The molecule has 4 rings (SSSR count). The van der Waals surface area contributed by atoms with Crippen LogP contribution in [0.1, 0.15) is 10.6 Å². The molecular formula is C21H19ClN4O4. The highest BCUT2D eigenvalue weighted by atomic mass is 35.5. The topological polar surface area (TPSA) is 88.7 Å². The monoisotopic (exact) mass is 426 g/mol. The number of aromatic nitrogens is 2. The van der Waals surface area contributed by atoms with E-state index < -0.39 is 0 Å². The fourth-order valence-corrected chi connectivity index (χ4v) is 3.41. The van der Waals surface area contributed by atoms with Crippen LogP contribution in [0.4, 0.5) is 0 Å². The Morgan fingerprint density at radius 3 is 2.33 bits per heavy atom. The number of halogens is 1. The maximum absolute atomic E-state index is 12.7. The van der Waals surface area contributed by atoms with Crippen molar-refractivity contribution in [3.8, 4) is 11.3 Å². The van der Waals surface area contributed by atoms with Crippen LogP contribution in [0.2, 0.25) is 5.02 Å². The highest BCUT2D eigenvalue weighted by molar-refractivity contribution is 6.30. The molecule has 3 heterocycles. The summed E-state index contributed by atoms with van der Waals surface area (Å²) in [5.74, 6) is -0.131. The fraction of sp³-hybridized carbons (Fsp3) is 0.238. The molecule has 0 atom stereocenters. The van der Waals surface area contributed by atoms with Crippen molar-refractivity contribution in [2.75, 3.05) is 26.2 Å². The summed E-state index contributed by atoms with van der Waals surface area (Å²) in [5.41, 5.74) is 1.02. The molecule has 1 aliphatic heterocycles. The Morgan fingerprint density at radius 1 is 0.967 bits per heavy atom. The standard InChI is InChI=1S/C21H19ClN4O4/c22-16-5-3-15(4-6-16)17-7-8-19(27)26(23-17)14-20(28)24-9-11-25(12-10-24)21(29)18-2-1-13-30-18/h1-8,13H,9-12,14H2. The Labute approximate surface area is 177 Å². The van der Waals surface area contributed by atoms with Crippen molar-refractivity contribution in [2.24, 2.45) is 0 Å². The first-order chi connectivity index (χ1) is 14.5. The van der Waals surface area contributed by atoms with Crippen molar-refractivity contribution in [2.45, 2.75) is 6.54 Å². The van der Waals surface area contributed by atoms with Gasteiger partial charge in [-0.3, -0.25) is 14.4 Å². The number of amides is 2. The van der Waals surface area contributed by atoms with E-state index in [1.807, 2.05) is 0 Å². The van der Waals surface area contributed by atoms with Crippen LogP contribution in [0.15, 0.2) is 64.0 Å². The van der Waals surface area contributed by atoms with Crippen molar-refractivity contribution >= 4 is 23.4 Å². The summed E-state index contributed by atoms with van der Waals surface area (Å²) in [7, 11) is 0. The number of hydrogen-bond donors (Lipinski definition) is 0. The van der Waals surface area contributed by atoms with E-state index in [2.05, 4.69) is 5.10 Å². The Kier molecular flexibility index (Phi) is 5.67. The van der Waals surface area contributed by atoms with Crippen LogP contribution in [0.5, 0.6) is 0 Å². The third-order valence-corrected chi connectivity index (χ3v) is 5.20. The second-order valence-corrected chi connectivity index (χ2v) is 7.31. The number of carbonyl (C=O) groups is 2. The van der Waals surface area contributed by atoms with Crippen LogP contribution in [0.25, 0.3) is 11.3 Å². The molecule has 30 heavy (non-hydrogen) atoms. The maximum Gasteiger partial charge on any atom is 0.289 e. The second kappa shape index (κ2) is 8.54. The van der Waals surface area contributed by atoms with Gasteiger partial charge in [0.1, 0.15) is 6.54 Å². The lowest BCUT2D eigenvalue weighted by atomic mass is 10.1. The van der Waals surface area contributed by atoms with Gasteiger partial charge < -0.3 is 14.2 Å². The normalized spacial score (nSPS) is 14.0. The number of benzene rings is 1. The van der Waals surface area contributed by atoms with Crippen molar-refractivity contribution in [3.05, 3.63) is 75.9 Å². The first-order valence-electron chi connectivity index (χ1n) is 9.46. The number of rotatable bonds is 4. The van der Waals surface area contributed by atoms with Crippen LogP contribution in [-0.2, 0) is 11.3 Å². The van der Waals surface area contributed by atoms with E-state index in [0.29, 0.717) is 36.9 Å². The molecular weight excluding hydrogens is 408 g/mol. The lowest BCUT2D eigenvalue weighted by molar-refractivity contribution is -0.133. The predicted molar refractivity (Wildman–Crippen MR) is 110 cm³/mol. The van der Waals surface area contributed by atoms with E-state index in [9.17, 15) is 14.4 Å². The molecule has 8 nitrogen and oxygen atoms in total. The SMILES string of the molecule is O=C(Cn1nc(-c2ccc(Cl)cc2)ccc1=O)N1CCN(C(=O)c2ccco2)CC1. The highest BCUT2D eigenvalue weighted by Gasteiger charge is 2.26. The van der Waals surface area contributed by atoms with Gasteiger partial charge in [-0.25, -0.2) is 4.68 Å². The van der Waals surface area contributed by atoms with Gasteiger partial charge in [0.15, 0.2) is 5.76 Å². The zero-order valence-electron chi connectivity index (χ0n) is 16.0. The van der Waals surface area contributed by atoms with Gasteiger partial charge in [-0.1, -0.05) is 23.7 Å². The summed E-state index contributed by atoms with van der Waals surface area (Å²) >= 11 is 5.91. The molecule has 0 unspecified atom stereocenters. The third-order valence-electron chi connectivity index (χ3n) is 4.94. The van der Waals surface area contributed by atoms with Gasteiger partial charge in [-0.15, -0.1) is 0 Å². The van der Waals surface area contributed by atoms with Crippen LogP contribution in [0.3, 0.4) is 0 Å². The van der Waals surface area contributed by atoms with E-state index >= 15 is 0 Å². The quantitative estimate of drug-likeness (QED) is 0.637. The first kappa shape index (κ1) is 19.9. The maximum atomic E-state index is 12.7. The molecule has 1 saturated heterocycles. The fourth-order valence-electron chi connectivity index (χ4n) is 3.28. The molecule has 0 aliphatic carbocycles. The van der Waals surface area contributed by atoms with Crippen LogP contribution in [0, 0.1) is 0 Å². The molecule has 0 spiro atoms. The average molecular weight is 427 g/mol. The highest BCUT2D eigenvalue weighted by Crippen LogP contribution is 2.18. The number of nitrogens with zero attached hydrogens (tertiary/aromatic N) is 4. The van der Waals surface area contributed by atoms with Gasteiger partial charge in [0.2, 0.25) is 5.91 Å². The Bertz CT molecular complexity index is 1100. The summed E-state index contributed by atoms with van der Waals surface area (Å²) in [5, 5.41) is 4.92. The summed E-state index contributed by atoms with van der Waals surface area (Å²) in [6, 6.07) is 13.4. The first-order valence-corrected chi connectivity index (χ1v) is 9.84. The molecule has 1 aliphatic rings. The molecule has 0 radical (unpaired) electrons. The van der Waals surface area contributed by atoms with Gasteiger partial charge in [0.25, 0.3) is 11.5 Å². The minimum Gasteiger partial charge on any atom is -0.459 e. The molecule has 9 heteroatoms. The number of hydrogen-bond acceptors (Lipinski definition) is 5. The zero-order chi connectivity index (χ0) is 21.1. The molecule has 1 fully saturated rings. The van der Waals surface area contributed by atoms with Crippen molar-refractivity contribution in [1.82, 2.24) is 19.6 Å². The van der Waals surface area contributed by atoms with Gasteiger partial charge in [0.05, 0.1) is 12.0 Å². The largest absolute Gasteiger partial charge is 0.459 e.